The Balaban J connectivity index is 2.52. The molecule has 0 aromatic rings. The molecule has 64 valence electrons. The summed E-state index contributed by atoms with van der Waals surface area (Å²) in [5.74, 6) is 0.799. The first-order valence-corrected chi connectivity index (χ1v) is 4.75. The standard InChI is InChI=1S/C11H20/c1-5-6-10(9(2)3)11(4)7-8-11/h10H,2,5-8H2,1,3-4H3. The van der Waals surface area contributed by atoms with Crippen LogP contribution < -0.4 is 0 Å². The van der Waals surface area contributed by atoms with Gasteiger partial charge in [0, 0.05) is 0 Å². The van der Waals surface area contributed by atoms with Gasteiger partial charge in [-0.25, -0.2) is 0 Å². The van der Waals surface area contributed by atoms with Crippen molar-refractivity contribution in [1.29, 1.82) is 0 Å². The van der Waals surface area contributed by atoms with Gasteiger partial charge in [-0.05, 0) is 37.5 Å². The molecule has 1 atom stereocenters. The van der Waals surface area contributed by atoms with E-state index in [0.29, 0.717) is 5.41 Å². The van der Waals surface area contributed by atoms with E-state index in [0.717, 1.165) is 5.92 Å². The topological polar surface area (TPSA) is 0 Å². The molecule has 1 aliphatic carbocycles. The van der Waals surface area contributed by atoms with E-state index in [4.69, 9.17) is 0 Å². The molecule has 0 saturated heterocycles. The molecule has 11 heavy (non-hydrogen) atoms. The van der Waals surface area contributed by atoms with Crippen molar-refractivity contribution in [3.63, 3.8) is 0 Å². The summed E-state index contributed by atoms with van der Waals surface area (Å²) < 4.78 is 0. The van der Waals surface area contributed by atoms with Crippen molar-refractivity contribution in [3.05, 3.63) is 12.2 Å². The van der Waals surface area contributed by atoms with E-state index in [2.05, 4.69) is 27.4 Å². The van der Waals surface area contributed by atoms with Gasteiger partial charge in [0.1, 0.15) is 0 Å². The normalized spacial score (nSPS) is 22.8. The van der Waals surface area contributed by atoms with E-state index in [-0.39, 0.29) is 0 Å². The average molecular weight is 152 g/mol. The van der Waals surface area contributed by atoms with E-state index < -0.39 is 0 Å². The van der Waals surface area contributed by atoms with Crippen molar-refractivity contribution in [2.24, 2.45) is 11.3 Å². The fourth-order valence-corrected chi connectivity index (χ4v) is 2.02. The SMILES string of the molecule is C=C(C)C(CCC)C1(C)CC1. The van der Waals surface area contributed by atoms with E-state index in [1.165, 1.54) is 31.3 Å². The molecule has 0 aromatic carbocycles. The van der Waals surface area contributed by atoms with Crippen LogP contribution in [-0.2, 0) is 0 Å². The predicted molar refractivity (Wildman–Crippen MR) is 50.6 cm³/mol. The maximum Gasteiger partial charge on any atom is -0.0155 e. The smallest absolute Gasteiger partial charge is 0.0155 e. The highest BCUT2D eigenvalue weighted by atomic mass is 14.5. The van der Waals surface area contributed by atoms with Crippen LogP contribution in [0.3, 0.4) is 0 Å². The lowest BCUT2D eigenvalue weighted by atomic mass is 9.82. The van der Waals surface area contributed by atoms with Gasteiger partial charge in [-0.1, -0.05) is 32.4 Å². The minimum absolute atomic E-state index is 0.641. The minimum atomic E-state index is 0.641. The summed E-state index contributed by atoms with van der Waals surface area (Å²) in [6.45, 7) is 10.9. The predicted octanol–water partition coefficient (Wildman–Crippen LogP) is 3.78. The highest BCUT2D eigenvalue weighted by Gasteiger charge is 2.44. The summed E-state index contributed by atoms with van der Waals surface area (Å²) in [6, 6.07) is 0. The summed E-state index contributed by atoms with van der Waals surface area (Å²) in [7, 11) is 0. The number of allylic oxidation sites excluding steroid dienone is 1. The van der Waals surface area contributed by atoms with Crippen molar-refractivity contribution in [2.45, 2.75) is 46.5 Å². The van der Waals surface area contributed by atoms with Crippen molar-refractivity contribution in [3.8, 4) is 0 Å². The molecule has 1 fully saturated rings. The zero-order valence-electron chi connectivity index (χ0n) is 8.11. The van der Waals surface area contributed by atoms with Gasteiger partial charge in [0.05, 0.1) is 0 Å². The van der Waals surface area contributed by atoms with E-state index in [1.807, 2.05) is 0 Å². The van der Waals surface area contributed by atoms with Gasteiger partial charge < -0.3 is 0 Å². The van der Waals surface area contributed by atoms with Gasteiger partial charge in [0.2, 0.25) is 0 Å². The van der Waals surface area contributed by atoms with Crippen LogP contribution in [-0.4, -0.2) is 0 Å². The fourth-order valence-electron chi connectivity index (χ4n) is 2.02. The lowest BCUT2D eigenvalue weighted by molar-refractivity contribution is 0.361. The van der Waals surface area contributed by atoms with Crippen molar-refractivity contribution >= 4 is 0 Å². The van der Waals surface area contributed by atoms with Crippen LogP contribution >= 0.6 is 0 Å². The largest absolute Gasteiger partial charge is 0.0998 e. The lowest BCUT2D eigenvalue weighted by Gasteiger charge is -2.23. The Labute approximate surface area is 70.7 Å². The average Bonchev–Trinajstić information content (AvgIpc) is 2.63. The maximum atomic E-state index is 4.08. The number of hydrogen-bond donors (Lipinski definition) is 0. The van der Waals surface area contributed by atoms with Gasteiger partial charge in [-0.3, -0.25) is 0 Å². The highest BCUT2D eigenvalue weighted by molar-refractivity contribution is 5.08. The number of rotatable bonds is 4. The number of hydrogen-bond acceptors (Lipinski definition) is 0. The van der Waals surface area contributed by atoms with Crippen LogP contribution in [0.4, 0.5) is 0 Å². The first-order valence-electron chi connectivity index (χ1n) is 4.75. The first kappa shape index (κ1) is 8.83. The molecule has 1 aliphatic rings. The molecule has 0 heteroatoms. The van der Waals surface area contributed by atoms with Crippen molar-refractivity contribution in [2.75, 3.05) is 0 Å². The van der Waals surface area contributed by atoms with Crippen molar-refractivity contribution < 1.29 is 0 Å². The Morgan fingerprint density at radius 2 is 2.09 bits per heavy atom. The quantitative estimate of drug-likeness (QED) is 0.538. The van der Waals surface area contributed by atoms with Crippen molar-refractivity contribution in [1.82, 2.24) is 0 Å². The summed E-state index contributed by atoms with van der Waals surface area (Å²) >= 11 is 0. The monoisotopic (exact) mass is 152 g/mol. The van der Waals surface area contributed by atoms with Crippen LogP contribution in [0, 0.1) is 11.3 Å². The molecule has 0 spiro atoms. The molecule has 1 saturated carbocycles. The maximum absolute atomic E-state index is 4.08. The summed E-state index contributed by atoms with van der Waals surface area (Å²) in [5, 5.41) is 0. The van der Waals surface area contributed by atoms with E-state index >= 15 is 0 Å². The molecule has 0 bridgehead atoms. The Morgan fingerprint density at radius 1 is 1.55 bits per heavy atom. The first-order chi connectivity index (χ1) is 5.10. The van der Waals surface area contributed by atoms with Gasteiger partial charge in [-0.2, -0.15) is 0 Å². The zero-order valence-corrected chi connectivity index (χ0v) is 8.11. The Morgan fingerprint density at radius 3 is 2.36 bits per heavy atom. The summed E-state index contributed by atoms with van der Waals surface area (Å²) in [4.78, 5) is 0. The Bertz CT molecular complexity index is 151. The summed E-state index contributed by atoms with van der Waals surface area (Å²) in [5.41, 5.74) is 2.04. The van der Waals surface area contributed by atoms with E-state index in [9.17, 15) is 0 Å². The van der Waals surface area contributed by atoms with Gasteiger partial charge in [0.25, 0.3) is 0 Å². The molecule has 0 aliphatic heterocycles. The van der Waals surface area contributed by atoms with E-state index in [1.54, 1.807) is 0 Å². The molecule has 1 rings (SSSR count). The third-order valence-electron chi connectivity index (χ3n) is 3.05. The lowest BCUT2D eigenvalue weighted by Crippen LogP contribution is -2.13. The molecule has 1 unspecified atom stereocenters. The molecule has 0 N–H and O–H groups in total. The van der Waals surface area contributed by atoms with Crippen LogP contribution in [0.15, 0.2) is 12.2 Å². The Hall–Kier alpha value is -0.260. The van der Waals surface area contributed by atoms with Gasteiger partial charge in [-0.15, -0.1) is 0 Å². The highest BCUT2D eigenvalue weighted by Crippen LogP contribution is 2.55. The zero-order chi connectivity index (χ0) is 8.48. The van der Waals surface area contributed by atoms with Crippen LogP contribution in [0.5, 0.6) is 0 Å². The third-order valence-corrected chi connectivity index (χ3v) is 3.05. The molecular weight excluding hydrogens is 132 g/mol. The molecule has 0 radical (unpaired) electrons. The second-order valence-corrected chi connectivity index (χ2v) is 4.34. The molecule has 0 amide bonds. The minimum Gasteiger partial charge on any atom is -0.0998 e. The molecular formula is C11H20. The third kappa shape index (κ3) is 1.85. The molecule has 0 heterocycles. The second kappa shape index (κ2) is 3.00. The summed E-state index contributed by atoms with van der Waals surface area (Å²) in [6.07, 6.45) is 5.48. The van der Waals surface area contributed by atoms with Gasteiger partial charge in [0.15, 0.2) is 0 Å². The Kier molecular flexibility index (Phi) is 2.41. The van der Waals surface area contributed by atoms with Crippen LogP contribution in [0.1, 0.15) is 46.5 Å². The van der Waals surface area contributed by atoms with Gasteiger partial charge >= 0.3 is 0 Å². The second-order valence-electron chi connectivity index (χ2n) is 4.34. The fraction of sp³-hybridized carbons (Fsp3) is 0.818. The molecule has 0 nitrogen and oxygen atoms in total. The van der Waals surface area contributed by atoms with Crippen LogP contribution in [0.25, 0.3) is 0 Å². The van der Waals surface area contributed by atoms with Crippen LogP contribution in [0.2, 0.25) is 0 Å². The molecule has 0 aromatic heterocycles.